The van der Waals surface area contributed by atoms with Crippen LogP contribution in [0.3, 0.4) is 0 Å². The molecule has 102 valence electrons. The van der Waals surface area contributed by atoms with Crippen LogP contribution >= 0.6 is 0 Å². The molecule has 0 bridgehead atoms. The second kappa shape index (κ2) is 4.47. The van der Waals surface area contributed by atoms with Crippen LogP contribution < -0.4 is 0 Å². The van der Waals surface area contributed by atoms with Gasteiger partial charge in [-0.05, 0) is 30.4 Å². The van der Waals surface area contributed by atoms with Crippen LogP contribution in [0.4, 0.5) is 0 Å². The van der Waals surface area contributed by atoms with E-state index >= 15 is 0 Å². The van der Waals surface area contributed by atoms with Crippen LogP contribution in [0.25, 0.3) is 0 Å². The summed E-state index contributed by atoms with van der Waals surface area (Å²) in [6.45, 7) is 1.42. The SMILES string of the molecule is O=C(c1cc(C2CC2)on1)N1CCc2ccccc2C1. The molecule has 2 aliphatic rings. The number of amides is 1. The third-order valence-corrected chi connectivity index (χ3v) is 4.15. The number of aromatic nitrogens is 1. The second-order valence-corrected chi connectivity index (χ2v) is 5.63. The van der Waals surface area contributed by atoms with Gasteiger partial charge in [-0.25, -0.2) is 0 Å². The van der Waals surface area contributed by atoms with Gasteiger partial charge in [0.05, 0.1) is 0 Å². The van der Waals surface area contributed by atoms with E-state index in [0.29, 0.717) is 18.2 Å². The summed E-state index contributed by atoms with van der Waals surface area (Å²) in [5.41, 5.74) is 3.03. The molecule has 1 saturated carbocycles. The van der Waals surface area contributed by atoms with Crippen molar-refractivity contribution in [1.29, 1.82) is 0 Å². The van der Waals surface area contributed by atoms with Gasteiger partial charge >= 0.3 is 0 Å². The van der Waals surface area contributed by atoms with E-state index in [2.05, 4.69) is 23.4 Å². The summed E-state index contributed by atoms with van der Waals surface area (Å²) < 4.78 is 5.27. The molecule has 0 unspecified atom stereocenters. The quantitative estimate of drug-likeness (QED) is 0.841. The first-order valence-corrected chi connectivity index (χ1v) is 7.14. The van der Waals surface area contributed by atoms with Crippen LogP contribution in [-0.2, 0) is 13.0 Å². The standard InChI is InChI=1S/C16H16N2O2/c19-16(14-9-15(20-17-14)12-5-6-12)18-8-7-11-3-1-2-4-13(11)10-18/h1-4,9,12H,5-8,10H2. The fourth-order valence-corrected chi connectivity index (χ4v) is 2.78. The molecule has 1 aliphatic carbocycles. The summed E-state index contributed by atoms with van der Waals surface area (Å²) in [6, 6.07) is 10.1. The van der Waals surface area contributed by atoms with Gasteiger partial charge in [-0.3, -0.25) is 4.79 Å². The van der Waals surface area contributed by atoms with E-state index in [-0.39, 0.29) is 5.91 Å². The van der Waals surface area contributed by atoms with Gasteiger partial charge in [-0.15, -0.1) is 0 Å². The highest BCUT2D eigenvalue weighted by Crippen LogP contribution is 2.40. The molecule has 4 rings (SSSR count). The van der Waals surface area contributed by atoms with E-state index in [0.717, 1.165) is 31.6 Å². The lowest BCUT2D eigenvalue weighted by Crippen LogP contribution is -2.36. The zero-order valence-corrected chi connectivity index (χ0v) is 11.2. The maximum absolute atomic E-state index is 12.5. The minimum Gasteiger partial charge on any atom is -0.360 e. The van der Waals surface area contributed by atoms with Gasteiger partial charge in [0.2, 0.25) is 0 Å². The third-order valence-electron chi connectivity index (χ3n) is 4.15. The van der Waals surface area contributed by atoms with E-state index < -0.39 is 0 Å². The Morgan fingerprint density at radius 3 is 2.85 bits per heavy atom. The fraction of sp³-hybridized carbons (Fsp3) is 0.375. The third kappa shape index (κ3) is 2.01. The molecule has 20 heavy (non-hydrogen) atoms. The lowest BCUT2D eigenvalue weighted by atomic mass is 10.00. The Labute approximate surface area is 117 Å². The number of rotatable bonds is 2. The summed E-state index contributed by atoms with van der Waals surface area (Å²) in [6.07, 6.45) is 3.22. The van der Waals surface area contributed by atoms with E-state index in [9.17, 15) is 4.79 Å². The highest BCUT2D eigenvalue weighted by atomic mass is 16.5. The van der Waals surface area contributed by atoms with Crippen molar-refractivity contribution in [3.63, 3.8) is 0 Å². The maximum Gasteiger partial charge on any atom is 0.276 e. The van der Waals surface area contributed by atoms with Crippen LogP contribution in [0, 0.1) is 0 Å². The van der Waals surface area contributed by atoms with Crippen LogP contribution in [-0.4, -0.2) is 22.5 Å². The lowest BCUT2D eigenvalue weighted by molar-refractivity contribution is 0.0724. The van der Waals surface area contributed by atoms with E-state index in [4.69, 9.17) is 4.52 Å². The molecule has 1 fully saturated rings. The van der Waals surface area contributed by atoms with Gasteiger partial charge in [-0.1, -0.05) is 29.4 Å². The Morgan fingerprint density at radius 1 is 1.25 bits per heavy atom. The van der Waals surface area contributed by atoms with Crippen molar-refractivity contribution in [2.24, 2.45) is 0 Å². The molecule has 0 atom stereocenters. The summed E-state index contributed by atoms with van der Waals surface area (Å²) in [4.78, 5) is 14.3. The molecule has 4 heteroatoms. The average molecular weight is 268 g/mol. The van der Waals surface area contributed by atoms with Crippen molar-refractivity contribution in [3.8, 4) is 0 Å². The van der Waals surface area contributed by atoms with Crippen LogP contribution in [0.15, 0.2) is 34.9 Å². The predicted molar refractivity (Wildman–Crippen MR) is 73.4 cm³/mol. The van der Waals surface area contributed by atoms with Crippen molar-refractivity contribution < 1.29 is 9.32 Å². The number of carbonyl (C=O) groups excluding carboxylic acids is 1. The Morgan fingerprint density at radius 2 is 2.05 bits per heavy atom. The van der Waals surface area contributed by atoms with Crippen molar-refractivity contribution in [2.75, 3.05) is 6.54 Å². The first-order valence-electron chi connectivity index (χ1n) is 7.14. The highest BCUT2D eigenvalue weighted by molar-refractivity contribution is 5.92. The monoisotopic (exact) mass is 268 g/mol. The van der Waals surface area contributed by atoms with Gasteiger partial charge in [0, 0.05) is 25.1 Å². The van der Waals surface area contributed by atoms with E-state index in [1.807, 2.05) is 17.0 Å². The molecule has 1 aliphatic heterocycles. The van der Waals surface area contributed by atoms with Gasteiger partial charge in [-0.2, -0.15) is 0 Å². The molecule has 1 aromatic heterocycles. The second-order valence-electron chi connectivity index (χ2n) is 5.63. The molecule has 4 nitrogen and oxygen atoms in total. The Balaban J connectivity index is 1.54. The molecule has 0 radical (unpaired) electrons. The largest absolute Gasteiger partial charge is 0.360 e. The number of benzene rings is 1. The minimum atomic E-state index is -0.0184. The molecule has 0 spiro atoms. The average Bonchev–Trinajstić information content (AvgIpc) is 3.23. The van der Waals surface area contributed by atoms with Gasteiger partial charge in [0.15, 0.2) is 5.69 Å². The number of fused-ring (bicyclic) bond motifs is 1. The van der Waals surface area contributed by atoms with E-state index in [1.165, 1.54) is 11.1 Å². The molecule has 1 aromatic carbocycles. The number of carbonyl (C=O) groups is 1. The predicted octanol–water partition coefficient (Wildman–Crippen LogP) is 2.75. The number of hydrogen-bond acceptors (Lipinski definition) is 3. The molecule has 2 heterocycles. The van der Waals surface area contributed by atoms with Crippen molar-refractivity contribution in [1.82, 2.24) is 10.1 Å². The highest BCUT2D eigenvalue weighted by Gasteiger charge is 2.30. The summed E-state index contributed by atoms with van der Waals surface area (Å²) >= 11 is 0. The van der Waals surface area contributed by atoms with Crippen molar-refractivity contribution in [2.45, 2.75) is 31.7 Å². The number of hydrogen-bond donors (Lipinski definition) is 0. The molecule has 0 N–H and O–H groups in total. The summed E-state index contributed by atoms with van der Waals surface area (Å²) in [7, 11) is 0. The molecule has 0 saturated heterocycles. The van der Waals surface area contributed by atoms with Crippen LogP contribution in [0.1, 0.15) is 46.1 Å². The number of nitrogens with zero attached hydrogens (tertiary/aromatic N) is 2. The molecule has 1 amide bonds. The fourth-order valence-electron chi connectivity index (χ4n) is 2.78. The maximum atomic E-state index is 12.5. The zero-order valence-electron chi connectivity index (χ0n) is 11.2. The summed E-state index contributed by atoms with van der Waals surface area (Å²) in [5.74, 6) is 1.34. The van der Waals surface area contributed by atoms with Crippen LogP contribution in [0.5, 0.6) is 0 Å². The first kappa shape index (κ1) is 11.7. The normalized spacial score (nSPS) is 17.9. The van der Waals surface area contributed by atoms with Crippen LogP contribution in [0.2, 0.25) is 0 Å². The van der Waals surface area contributed by atoms with Crippen molar-refractivity contribution in [3.05, 3.63) is 52.9 Å². The topological polar surface area (TPSA) is 46.3 Å². The van der Waals surface area contributed by atoms with Gasteiger partial charge in [0.1, 0.15) is 5.76 Å². The Hall–Kier alpha value is -2.10. The molecule has 2 aromatic rings. The first-order chi connectivity index (χ1) is 9.81. The minimum absolute atomic E-state index is 0.0184. The van der Waals surface area contributed by atoms with Crippen molar-refractivity contribution >= 4 is 5.91 Å². The van der Waals surface area contributed by atoms with Gasteiger partial charge < -0.3 is 9.42 Å². The lowest BCUT2D eigenvalue weighted by Gasteiger charge is -2.28. The molecular weight excluding hydrogens is 252 g/mol. The Bertz CT molecular complexity index is 658. The molecular formula is C16H16N2O2. The Kier molecular flexibility index (Phi) is 2.62. The smallest absolute Gasteiger partial charge is 0.276 e. The van der Waals surface area contributed by atoms with E-state index in [1.54, 1.807) is 0 Å². The summed E-state index contributed by atoms with van der Waals surface area (Å²) in [5, 5.41) is 3.94. The van der Waals surface area contributed by atoms with Gasteiger partial charge in [0.25, 0.3) is 5.91 Å². The zero-order chi connectivity index (χ0) is 13.5.